The van der Waals surface area contributed by atoms with Gasteiger partial charge in [-0.15, -0.1) is 0 Å². The van der Waals surface area contributed by atoms with Crippen molar-refractivity contribution in [3.05, 3.63) is 24.2 Å². The molecule has 3 heterocycles. The number of H-pyrrole nitrogens is 1. The monoisotopic (exact) mass is 260 g/mol. The molecular weight excluding hydrogens is 240 g/mol. The van der Waals surface area contributed by atoms with Gasteiger partial charge in [0.05, 0.1) is 30.7 Å². The number of nitrogens with one attached hydrogen (secondary N) is 1. The molecule has 0 saturated carbocycles. The van der Waals surface area contributed by atoms with E-state index in [-0.39, 0.29) is 5.41 Å². The Balaban J connectivity index is 1.93. The molecular formula is C14H20N4O. The van der Waals surface area contributed by atoms with Crippen LogP contribution in [0.5, 0.6) is 0 Å². The minimum absolute atomic E-state index is 0.0703. The second-order valence-corrected chi connectivity index (χ2v) is 6.14. The molecule has 0 unspecified atom stereocenters. The lowest BCUT2D eigenvalue weighted by Gasteiger charge is -2.17. The van der Waals surface area contributed by atoms with Crippen molar-refractivity contribution in [1.29, 1.82) is 0 Å². The molecule has 1 aliphatic rings. The summed E-state index contributed by atoms with van der Waals surface area (Å²) in [5, 5.41) is 11.7. The van der Waals surface area contributed by atoms with Crippen LogP contribution in [0.4, 0.5) is 0 Å². The Labute approximate surface area is 113 Å². The summed E-state index contributed by atoms with van der Waals surface area (Å²) in [5.74, 6) is 0. The zero-order valence-electron chi connectivity index (χ0n) is 11.7. The second-order valence-electron chi connectivity index (χ2n) is 6.14. The maximum atomic E-state index is 5.41. The van der Waals surface area contributed by atoms with E-state index in [0.717, 1.165) is 30.9 Å². The van der Waals surface area contributed by atoms with E-state index in [4.69, 9.17) is 4.74 Å². The standard InChI is InChI=1S/C14H20N4O/c1-14(2,3)12-7-15-17-13(12)10-6-16-18(8-10)11-4-5-19-9-11/h6-8,11H,4-5,9H2,1-3H3,(H,15,17)/t11-/m1/s1. The Morgan fingerprint density at radius 3 is 2.89 bits per heavy atom. The maximum Gasteiger partial charge on any atom is 0.0774 e. The quantitative estimate of drug-likeness (QED) is 0.902. The fourth-order valence-corrected chi connectivity index (χ4v) is 2.47. The predicted octanol–water partition coefficient (Wildman–Crippen LogP) is 2.53. The van der Waals surface area contributed by atoms with E-state index in [1.807, 2.05) is 17.1 Å². The van der Waals surface area contributed by atoms with E-state index in [1.165, 1.54) is 5.56 Å². The van der Waals surface area contributed by atoms with Gasteiger partial charge in [0.2, 0.25) is 0 Å². The zero-order chi connectivity index (χ0) is 13.5. The van der Waals surface area contributed by atoms with Crippen LogP contribution in [-0.2, 0) is 10.2 Å². The Hall–Kier alpha value is -1.62. The van der Waals surface area contributed by atoms with Crippen LogP contribution in [0.3, 0.4) is 0 Å². The van der Waals surface area contributed by atoms with E-state index >= 15 is 0 Å². The van der Waals surface area contributed by atoms with Gasteiger partial charge in [-0.3, -0.25) is 9.78 Å². The Morgan fingerprint density at radius 2 is 2.21 bits per heavy atom. The van der Waals surface area contributed by atoms with Gasteiger partial charge in [0, 0.05) is 23.9 Å². The van der Waals surface area contributed by atoms with E-state index in [2.05, 4.69) is 42.3 Å². The molecule has 1 saturated heterocycles. The number of aromatic nitrogens is 4. The van der Waals surface area contributed by atoms with Crippen LogP contribution in [0.1, 0.15) is 38.8 Å². The first-order valence-electron chi connectivity index (χ1n) is 6.72. The summed E-state index contributed by atoms with van der Waals surface area (Å²) in [6.07, 6.45) is 6.94. The average molecular weight is 260 g/mol. The van der Waals surface area contributed by atoms with Gasteiger partial charge in [-0.1, -0.05) is 20.8 Å². The normalized spacial score (nSPS) is 20.1. The summed E-state index contributed by atoms with van der Waals surface area (Å²) in [5.41, 5.74) is 3.45. The largest absolute Gasteiger partial charge is 0.379 e. The average Bonchev–Trinajstić information content (AvgIpc) is 3.09. The maximum absolute atomic E-state index is 5.41. The number of ether oxygens (including phenoxy) is 1. The molecule has 102 valence electrons. The molecule has 0 amide bonds. The number of hydrogen-bond donors (Lipinski definition) is 1. The van der Waals surface area contributed by atoms with Crippen LogP contribution in [0.15, 0.2) is 18.6 Å². The first kappa shape index (κ1) is 12.4. The van der Waals surface area contributed by atoms with Crippen LogP contribution in [-0.4, -0.2) is 33.2 Å². The minimum atomic E-state index is 0.0703. The van der Waals surface area contributed by atoms with E-state index < -0.39 is 0 Å². The summed E-state index contributed by atoms with van der Waals surface area (Å²) in [6, 6.07) is 0.370. The molecule has 3 rings (SSSR count). The summed E-state index contributed by atoms with van der Waals surface area (Å²) in [7, 11) is 0. The molecule has 1 atom stereocenters. The molecule has 0 aliphatic carbocycles. The van der Waals surface area contributed by atoms with E-state index in [1.54, 1.807) is 0 Å². The molecule has 2 aromatic heterocycles. The zero-order valence-corrected chi connectivity index (χ0v) is 11.7. The lowest BCUT2D eigenvalue weighted by atomic mass is 9.86. The number of hydrogen-bond acceptors (Lipinski definition) is 3. The van der Waals surface area contributed by atoms with Crippen LogP contribution < -0.4 is 0 Å². The Kier molecular flexibility index (Phi) is 2.93. The highest BCUT2D eigenvalue weighted by atomic mass is 16.5. The third-order valence-corrected chi connectivity index (χ3v) is 3.62. The highest BCUT2D eigenvalue weighted by Gasteiger charge is 2.23. The second kappa shape index (κ2) is 4.49. The molecule has 1 N–H and O–H groups in total. The van der Waals surface area contributed by atoms with E-state index in [9.17, 15) is 0 Å². The molecule has 19 heavy (non-hydrogen) atoms. The lowest BCUT2D eigenvalue weighted by Crippen LogP contribution is -2.11. The van der Waals surface area contributed by atoms with Crippen molar-refractivity contribution in [2.75, 3.05) is 13.2 Å². The Morgan fingerprint density at radius 1 is 1.37 bits per heavy atom. The van der Waals surface area contributed by atoms with Crippen LogP contribution in [0.2, 0.25) is 0 Å². The van der Waals surface area contributed by atoms with Gasteiger partial charge >= 0.3 is 0 Å². The van der Waals surface area contributed by atoms with Gasteiger partial charge in [0.25, 0.3) is 0 Å². The van der Waals surface area contributed by atoms with Crippen LogP contribution in [0, 0.1) is 0 Å². The van der Waals surface area contributed by atoms with Gasteiger partial charge in [0.15, 0.2) is 0 Å². The molecule has 1 fully saturated rings. The molecule has 0 aromatic carbocycles. The SMILES string of the molecule is CC(C)(C)c1cn[nH]c1-c1cnn([C@@H]2CCOC2)c1. The first-order valence-corrected chi connectivity index (χ1v) is 6.72. The summed E-state index contributed by atoms with van der Waals surface area (Å²) >= 11 is 0. The lowest BCUT2D eigenvalue weighted by molar-refractivity contribution is 0.184. The van der Waals surface area contributed by atoms with Crippen molar-refractivity contribution < 1.29 is 4.74 Å². The molecule has 1 aliphatic heterocycles. The number of rotatable bonds is 2. The third kappa shape index (κ3) is 2.30. The molecule has 2 aromatic rings. The molecule has 5 heteroatoms. The minimum Gasteiger partial charge on any atom is -0.379 e. The predicted molar refractivity (Wildman–Crippen MR) is 73.0 cm³/mol. The molecule has 0 bridgehead atoms. The Bertz CT molecular complexity index is 558. The van der Waals surface area contributed by atoms with Gasteiger partial charge in [0.1, 0.15) is 0 Å². The molecule has 0 radical (unpaired) electrons. The fourth-order valence-electron chi connectivity index (χ4n) is 2.47. The highest BCUT2D eigenvalue weighted by Crippen LogP contribution is 2.31. The highest BCUT2D eigenvalue weighted by molar-refractivity contribution is 5.62. The van der Waals surface area contributed by atoms with Crippen molar-refractivity contribution in [3.8, 4) is 11.3 Å². The summed E-state index contributed by atoms with van der Waals surface area (Å²) in [4.78, 5) is 0. The summed E-state index contributed by atoms with van der Waals surface area (Å²) in [6.45, 7) is 8.16. The smallest absolute Gasteiger partial charge is 0.0774 e. The van der Waals surface area contributed by atoms with Crippen molar-refractivity contribution in [3.63, 3.8) is 0 Å². The van der Waals surface area contributed by atoms with Gasteiger partial charge < -0.3 is 4.74 Å². The van der Waals surface area contributed by atoms with Crippen LogP contribution >= 0.6 is 0 Å². The molecule has 5 nitrogen and oxygen atoms in total. The van der Waals surface area contributed by atoms with Crippen molar-refractivity contribution in [1.82, 2.24) is 20.0 Å². The third-order valence-electron chi connectivity index (χ3n) is 3.62. The first-order chi connectivity index (χ1) is 9.05. The van der Waals surface area contributed by atoms with Crippen LogP contribution in [0.25, 0.3) is 11.3 Å². The fraction of sp³-hybridized carbons (Fsp3) is 0.571. The van der Waals surface area contributed by atoms with E-state index in [0.29, 0.717) is 6.04 Å². The summed E-state index contributed by atoms with van der Waals surface area (Å²) < 4.78 is 7.42. The van der Waals surface area contributed by atoms with Crippen molar-refractivity contribution >= 4 is 0 Å². The van der Waals surface area contributed by atoms with Gasteiger partial charge in [-0.05, 0) is 11.8 Å². The molecule has 0 spiro atoms. The number of aromatic amines is 1. The topological polar surface area (TPSA) is 55.7 Å². The number of nitrogens with zero attached hydrogens (tertiary/aromatic N) is 3. The van der Waals surface area contributed by atoms with Gasteiger partial charge in [-0.25, -0.2) is 0 Å². The van der Waals surface area contributed by atoms with Crippen molar-refractivity contribution in [2.24, 2.45) is 0 Å². The van der Waals surface area contributed by atoms with Gasteiger partial charge in [-0.2, -0.15) is 10.2 Å². The van der Waals surface area contributed by atoms with Crippen molar-refractivity contribution in [2.45, 2.75) is 38.6 Å².